The molecule has 1 atom stereocenters. The number of hydrogen-bond acceptors (Lipinski definition) is 4. The monoisotopic (exact) mass is 233 g/mol. The molecule has 14 heavy (non-hydrogen) atoms. The first-order valence-corrected chi connectivity index (χ1v) is 5.06. The van der Waals surface area contributed by atoms with Crippen LogP contribution in [0.2, 0.25) is 0 Å². The molecule has 0 aliphatic carbocycles. The van der Waals surface area contributed by atoms with Gasteiger partial charge in [-0.3, -0.25) is 15.4 Å². The molecule has 0 saturated carbocycles. The van der Waals surface area contributed by atoms with E-state index < -0.39 is 17.3 Å². The summed E-state index contributed by atoms with van der Waals surface area (Å²) in [5.74, 6) is -0.541. The number of nitrogens with one attached hydrogen (secondary N) is 2. The van der Waals surface area contributed by atoms with Crippen LogP contribution in [0.3, 0.4) is 0 Å². The van der Waals surface area contributed by atoms with Crippen LogP contribution < -0.4 is 10.6 Å². The van der Waals surface area contributed by atoms with E-state index in [9.17, 15) is 9.59 Å². The zero-order chi connectivity index (χ0) is 10.6. The van der Waals surface area contributed by atoms with Gasteiger partial charge in [0.05, 0.1) is 0 Å². The Labute approximate surface area is 89.5 Å². The third-order valence-electron chi connectivity index (χ3n) is 1.25. The number of thiazole rings is 1. The van der Waals surface area contributed by atoms with E-state index in [4.69, 9.17) is 11.6 Å². The van der Waals surface area contributed by atoms with E-state index in [1.807, 2.05) is 0 Å². The van der Waals surface area contributed by atoms with Crippen LogP contribution in [0.5, 0.6) is 0 Å². The van der Waals surface area contributed by atoms with E-state index in [2.05, 4.69) is 15.6 Å². The van der Waals surface area contributed by atoms with Gasteiger partial charge in [-0.25, -0.2) is 9.78 Å². The second kappa shape index (κ2) is 4.92. The number of urea groups is 1. The maximum absolute atomic E-state index is 11.1. The van der Waals surface area contributed by atoms with Crippen LogP contribution in [-0.2, 0) is 4.79 Å². The lowest BCUT2D eigenvalue weighted by Gasteiger charge is -2.04. The highest BCUT2D eigenvalue weighted by Gasteiger charge is 2.13. The van der Waals surface area contributed by atoms with Gasteiger partial charge in [0.25, 0.3) is 0 Å². The van der Waals surface area contributed by atoms with Crippen molar-refractivity contribution in [3.63, 3.8) is 0 Å². The molecule has 5 nitrogen and oxygen atoms in total. The van der Waals surface area contributed by atoms with Crippen LogP contribution in [0.4, 0.5) is 9.93 Å². The van der Waals surface area contributed by atoms with Gasteiger partial charge in [-0.1, -0.05) is 0 Å². The van der Waals surface area contributed by atoms with Crippen molar-refractivity contribution in [1.82, 2.24) is 10.3 Å². The van der Waals surface area contributed by atoms with Gasteiger partial charge in [0, 0.05) is 11.6 Å². The lowest BCUT2D eigenvalue weighted by atomic mass is 10.4. The molecule has 0 aliphatic rings. The molecule has 0 saturated heterocycles. The first kappa shape index (κ1) is 10.9. The van der Waals surface area contributed by atoms with E-state index >= 15 is 0 Å². The molecule has 0 fully saturated rings. The number of hydrogen-bond donors (Lipinski definition) is 2. The molecule has 76 valence electrons. The van der Waals surface area contributed by atoms with Gasteiger partial charge in [-0.05, 0) is 6.92 Å². The number of carbonyl (C=O) groups is 2. The summed E-state index contributed by atoms with van der Waals surface area (Å²) in [5.41, 5.74) is 0. The van der Waals surface area contributed by atoms with Gasteiger partial charge < -0.3 is 0 Å². The number of imide groups is 1. The number of amides is 3. The molecule has 2 N–H and O–H groups in total. The Morgan fingerprint density at radius 2 is 2.36 bits per heavy atom. The molecular formula is C7H8ClN3O2S. The van der Waals surface area contributed by atoms with Gasteiger partial charge in [0.1, 0.15) is 5.38 Å². The van der Waals surface area contributed by atoms with Crippen molar-refractivity contribution in [2.24, 2.45) is 0 Å². The minimum atomic E-state index is -0.739. The SMILES string of the molecule is CC(Cl)C(=O)NC(=O)Nc1nccs1. The van der Waals surface area contributed by atoms with Crippen molar-refractivity contribution in [3.05, 3.63) is 11.6 Å². The lowest BCUT2D eigenvalue weighted by Crippen LogP contribution is -2.38. The minimum Gasteiger partial charge on any atom is -0.283 e. The van der Waals surface area contributed by atoms with Crippen LogP contribution >= 0.6 is 22.9 Å². The summed E-state index contributed by atoms with van der Waals surface area (Å²) in [4.78, 5) is 25.9. The molecule has 1 aromatic rings. The maximum Gasteiger partial charge on any atom is 0.327 e. The fourth-order valence-electron chi connectivity index (χ4n) is 0.625. The number of carbonyl (C=O) groups excluding carboxylic acids is 2. The Morgan fingerprint density at radius 3 is 2.86 bits per heavy atom. The highest BCUT2D eigenvalue weighted by atomic mass is 35.5. The standard InChI is InChI=1S/C7H8ClN3O2S/c1-4(8)5(12)10-6(13)11-7-9-2-3-14-7/h2-4H,1H3,(H2,9,10,11,12,13). The van der Waals surface area contributed by atoms with Gasteiger partial charge >= 0.3 is 6.03 Å². The minimum absolute atomic E-state index is 0.428. The number of aromatic nitrogens is 1. The van der Waals surface area contributed by atoms with Crippen LogP contribution in [0.1, 0.15) is 6.92 Å². The lowest BCUT2D eigenvalue weighted by molar-refractivity contribution is -0.119. The first-order chi connectivity index (χ1) is 6.59. The summed E-state index contributed by atoms with van der Waals surface area (Å²) in [6, 6.07) is -0.627. The van der Waals surface area contributed by atoms with Gasteiger partial charge in [-0.2, -0.15) is 0 Å². The molecule has 1 unspecified atom stereocenters. The van der Waals surface area contributed by atoms with Gasteiger partial charge in [-0.15, -0.1) is 22.9 Å². The Kier molecular flexibility index (Phi) is 3.84. The van der Waals surface area contributed by atoms with E-state index in [1.54, 1.807) is 11.6 Å². The molecule has 3 amide bonds. The van der Waals surface area contributed by atoms with Crippen LogP contribution in [0, 0.1) is 0 Å². The fraction of sp³-hybridized carbons (Fsp3) is 0.286. The average Bonchev–Trinajstić information content (AvgIpc) is 2.56. The highest BCUT2D eigenvalue weighted by molar-refractivity contribution is 7.13. The van der Waals surface area contributed by atoms with Crippen LogP contribution in [0.15, 0.2) is 11.6 Å². The molecule has 0 radical (unpaired) electrons. The second-order valence-electron chi connectivity index (χ2n) is 2.40. The first-order valence-electron chi connectivity index (χ1n) is 3.75. The molecule has 1 heterocycles. The summed E-state index contributed by atoms with van der Waals surface area (Å²) >= 11 is 6.71. The van der Waals surface area contributed by atoms with Crippen molar-refractivity contribution >= 4 is 40.0 Å². The summed E-state index contributed by atoms with van der Waals surface area (Å²) in [5, 5.41) is 5.85. The molecule has 0 bridgehead atoms. The third-order valence-corrected chi connectivity index (χ3v) is 2.14. The largest absolute Gasteiger partial charge is 0.327 e. The predicted molar refractivity (Wildman–Crippen MR) is 54.6 cm³/mol. The van der Waals surface area contributed by atoms with Crippen molar-refractivity contribution < 1.29 is 9.59 Å². The molecular weight excluding hydrogens is 226 g/mol. The van der Waals surface area contributed by atoms with Gasteiger partial charge in [0.2, 0.25) is 5.91 Å². The highest BCUT2D eigenvalue weighted by Crippen LogP contribution is 2.09. The van der Waals surface area contributed by atoms with Crippen molar-refractivity contribution in [3.8, 4) is 0 Å². The van der Waals surface area contributed by atoms with Crippen LogP contribution in [0.25, 0.3) is 0 Å². The van der Waals surface area contributed by atoms with Crippen LogP contribution in [-0.4, -0.2) is 22.3 Å². The molecule has 0 aliphatic heterocycles. The summed E-state index contributed by atoms with van der Waals surface area (Å²) in [6.45, 7) is 1.48. The zero-order valence-electron chi connectivity index (χ0n) is 7.28. The molecule has 0 aromatic carbocycles. The van der Waals surface area contributed by atoms with Crippen molar-refractivity contribution in [1.29, 1.82) is 0 Å². The number of anilines is 1. The van der Waals surface area contributed by atoms with E-state index in [0.29, 0.717) is 5.13 Å². The second-order valence-corrected chi connectivity index (χ2v) is 3.95. The molecule has 7 heteroatoms. The van der Waals surface area contributed by atoms with Crippen molar-refractivity contribution in [2.45, 2.75) is 12.3 Å². The average molecular weight is 234 g/mol. The predicted octanol–water partition coefficient (Wildman–Crippen LogP) is 1.42. The number of halogens is 1. The Bertz CT molecular complexity index is 326. The molecule has 1 aromatic heterocycles. The molecule has 0 spiro atoms. The quantitative estimate of drug-likeness (QED) is 0.759. The summed E-state index contributed by atoms with van der Waals surface area (Å²) < 4.78 is 0. The van der Waals surface area contributed by atoms with Gasteiger partial charge in [0.15, 0.2) is 5.13 Å². The Hall–Kier alpha value is -1.14. The number of nitrogens with zero attached hydrogens (tertiary/aromatic N) is 1. The third kappa shape index (κ3) is 3.31. The normalized spacial score (nSPS) is 11.9. The van der Waals surface area contributed by atoms with E-state index in [1.165, 1.54) is 18.3 Å². The fourth-order valence-corrected chi connectivity index (χ4v) is 1.20. The Balaban J connectivity index is 2.41. The maximum atomic E-state index is 11.1. The van der Waals surface area contributed by atoms with E-state index in [0.717, 1.165) is 0 Å². The topological polar surface area (TPSA) is 71.1 Å². The zero-order valence-corrected chi connectivity index (χ0v) is 8.85. The Morgan fingerprint density at radius 1 is 1.64 bits per heavy atom. The smallest absolute Gasteiger partial charge is 0.283 e. The summed E-state index contributed by atoms with van der Waals surface area (Å²) in [6.07, 6.45) is 1.55. The van der Waals surface area contributed by atoms with Crippen molar-refractivity contribution in [2.75, 3.05) is 5.32 Å². The molecule has 1 rings (SSSR count). The van der Waals surface area contributed by atoms with E-state index in [-0.39, 0.29) is 0 Å². The number of rotatable bonds is 2. The number of alkyl halides is 1. The summed E-state index contributed by atoms with van der Waals surface area (Å²) in [7, 11) is 0.